The number of hydrogen-bond donors (Lipinski definition) is 2. The Kier molecular flexibility index (Phi) is 4.34. The number of thiophene rings is 1. The number of aromatic nitrogens is 2. The molecule has 4 rings (SSSR count). The van der Waals surface area contributed by atoms with Crippen molar-refractivity contribution in [2.45, 2.75) is 38.5 Å². The summed E-state index contributed by atoms with van der Waals surface area (Å²) in [7, 11) is 0. The van der Waals surface area contributed by atoms with E-state index in [-0.39, 0.29) is 5.91 Å². The first kappa shape index (κ1) is 15.4. The SMILES string of the molecule is O=C(CCC1CCCC1)Nc1ccc2[nH]c(-c3cccs3)nc2c1. The summed E-state index contributed by atoms with van der Waals surface area (Å²) < 4.78 is 0. The maximum absolute atomic E-state index is 12.2. The highest BCUT2D eigenvalue weighted by Crippen LogP contribution is 2.29. The highest BCUT2D eigenvalue weighted by Gasteiger charge is 2.16. The number of fused-ring (bicyclic) bond motifs is 1. The van der Waals surface area contributed by atoms with E-state index in [1.807, 2.05) is 35.7 Å². The number of imidazole rings is 1. The van der Waals surface area contributed by atoms with Crippen molar-refractivity contribution in [1.29, 1.82) is 0 Å². The van der Waals surface area contributed by atoms with E-state index in [1.165, 1.54) is 25.7 Å². The normalized spacial score (nSPS) is 15.2. The van der Waals surface area contributed by atoms with E-state index in [1.54, 1.807) is 11.3 Å². The summed E-state index contributed by atoms with van der Waals surface area (Å²) in [5, 5.41) is 5.05. The maximum Gasteiger partial charge on any atom is 0.224 e. The zero-order chi connectivity index (χ0) is 16.4. The number of nitrogens with zero attached hydrogens (tertiary/aromatic N) is 1. The Morgan fingerprint density at radius 2 is 2.17 bits per heavy atom. The molecule has 1 amide bonds. The number of carbonyl (C=O) groups is 1. The third-order valence-electron chi connectivity index (χ3n) is 4.78. The average molecular weight is 339 g/mol. The van der Waals surface area contributed by atoms with Crippen molar-refractivity contribution in [3.63, 3.8) is 0 Å². The number of nitrogens with one attached hydrogen (secondary N) is 2. The van der Waals surface area contributed by atoms with E-state index >= 15 is 0 Å². The van der Waals surface area contributed by atoms with Crippen molar-refractivity contribution in [3.05, 3.63) is 35.7 Å². The molecule has 2 heterocycles. The molecule has 2 N–H and O–H groups in total. The number of rotatable bonds is 5. The van der Waals surface area contributed by atoms with Crippen LogP contribution in [0.15, 0.2) is 35.7 Å². The Balaban J connectivity index is 1.43. The molecule has 0 bridgehead atoms. The predicted octanol–water partition coefficient (Wildman–Crippen LogP) is 5.20. The van der Waals surface area contributed by atoms with E-state index in [9.17, 15) is 4.79 Å². The van der Waals surface area contributed by atoms with Crippen LogP contribution in [0.3, 0.4) is 0 Å². The minimum Gasteiger partial charge on any atom is -0.337 e. The van der Waals surface area contributed by atoms with E-state index in [0.29, 0.717) is 6.42 Å². The average Bonchev–Trinajstić information content (AvgIpc) is 3.32. The quantitative estimate of drug-likeness (QED) is 0.671. The van der Waals surface area contributed by atoms with Crippen molar-refractivity contribution in [3.8, 4) is 10.7 Å². The van der Waals surface area contributed by atoms with Crippen LogP contribution in [0.2, 0.25) is 0 Å². The molecule has 124 valence electrons. The molecule has 5 heteroatoms. The fraction of sp³-hybridized carbons (Fsp3) is 0.368. The molecule has 0 atom stereocenters. The Morgan fingerprint density at radius 3 is 2.96 bits per heavy atom. The number of anilines is 1. The molecule has 1 saturated carbocycles. The topological polar surface area (TPSA) is 57.8 Å². The number of hydrogen-bond acceptors (Lipinski definition) is 3. The third-order valence-corrected chi connectivity index (χ3v) is 5.65. The highest BCUT2D eigenvalue weighted by molar-refractivity contribution is 7.13. The third kappa shape index (κ3) is 3.36. The predicted molar refractivity (Wildman–Crippen MR) is 99.2 cm³/mol. The second-order valence-corrected chi connectivity index (χ2v) is 7.48. The monoisotopic (exact) mass is 339 g/mol. The smallest absolute Gasteiger partial charge is 0.224 e. The molecule has 2 aromatic heterocycles. The Bertz CT molecular complexity index is 832. The van der Waals surface area contributed by atoms with Gasteiger partial charge in [-0.2, -0.15) is 0 Å². The summed E-state index contributed by atoms with van der Waals surface area (Å²) in [5.41, 5.74) is 2.69. The molecular formula is C19H21N3OS. The molecule has 3 aromatic rings. The molecule has 1 fully saturated rings. The molecule has 24 heavy (non-hydrogen) atoms. The van der Waals surface area contributed by atoms with Gasteiger partial charge in [0.25, 0.3) is 0 Å². The molecule has 1 aromatic carbocycles. The molecule has 0 aliphatic heterocycles. The first-order valence-electron chi connectivity index (χ1n) is 8.61. The van der Waals surface area contributed by atoms with Gasteiger partial charge in [0, 0.05) is 12.1 Å². The van der Waals surface area contributed by atoms with E-state index in [2.05, 4.69) is 15.3 Å². The molecule has 0 saturated heterocycles. The van der Waals surface area contributed by atoms with E-state index < -0.39 is 0 Å². The fourth-order valence-corrected chi connectivity index (χ4v) is 4.14. The van der Waals surface area contributed by atoms with Crippen molar-refractivity contribution in [2.75, 3.05) is 5.32 Å². The first-order valence-corrected chi connectivity index (χ1v) is 9.49. The lowest BCUT2D eigenvalue weighted by Gasteiger charge is -2.09. The first-order chi connectivity index (χ1) is 11.8. The number of benzene rings is 1. The lowest BCUT2D eigenvalue weighted by Crippen LogP contribution is -2.12. The fourth-order valence-electron chi connectivity index (χ4n) is 3.47. The molecule has 1 aliphatic carbocycles. The van der Waals surface area contributed by atoms with Crippen LogP contribution in [0.1, 0.15) is 38.5 Å². The lowest BCUT2D eigenvalue weighted by molar-refractivity contribution is -0.116. The van der Waals surface area contributed by atoms with Crippen LogP contribution in [0.5, 0.6) is 0 Å². The molecule has 0 spiro atoms. The van der Waals surface area contributed by atoms with Gasteiger partial charge in [0.05, 0.1) is 15.9 Å². The van der Waals surface area contributed by atoms with Crippen molar-refractivity contribution in [1.82, 2.24) is 9.97 Å². The van der Waals surface area contributed by atoms with E-state index in [4.69, 9.17) is 0 Å². The number of aromatic amines is 1. The Hall–Kier alpha value is -2.14. The Labute approximate surface area is 145 Å². The summed E-state index contributed by atoms with van der Waals surface area (Å²) >= 11 is 1.66. The highest BCUT2D eigenvalue weighted by atomic mass is 32.1. The maximum atomic E-state index is 12.2. The summed E-state index contributed by atoms with van der Waals surface area (Å²) in [4.78, 5) is 21.2. The molecule has 0 unspecified atom stereocenters. The largest absolute Gasteiger partial charge is 0.337 e. The van der Waals surface area contributed by atoms with Crippen LogP contribution in [-0.2, 0) is 4.79 Å². The molecular weight excluding hydrogens is 318 g/mol. The summed E-state index contributed by atoms with van der Waals surface area (Å²) in [6, 6.07) is 9.92. The van der Waals surface area contributed by atoms with Gasteiger partial charge >= 0.3 is 0 Å². The van der Waals surface area contributed by atoms with Gasteiger partial charge in [-0.15, -0.1) is 11.3 Å². The zero-order valence-electron chi connectivity index (χ0n) is 13.5. The van der Waals surface area contributed by atoms with Gasteiger partial charge in [-0.25, -0.2) is 4.98 Å². The van der Waals surface area contributed by atoms with Crippen LogP contribution in [0, 0.1) is 5.92 Å². The van der Waals surface area contributed by atoms with Gasteiger partial charge in [0.15, 0.2) is 0 Å². The van der Waals surface area contributed by atoms with Crippen LogP contribution < -0.4 is 5.32 Å². The van der Waals surface area contributed by atoms with Gasteiger partial charge in [-0.1, -0.05) is 31.7 Å². The minimum atomic E-state index is 0.107. The number of amides is 1. The van der Waals surface area contributed by atoms with Gasteiger partial charge < -0.3 is 10.3 Å². The second-order valence-electron chi connectivity index (χ2n) is 6.53. The van der Waals surface area contributed by atoms with Gasteiger partial charge in [-0.05, 0) is 42.0 Å². The van der Waals surface area contributed by atoms with Crippen molar-refractivity contribution >= 4 is 34.0 Å². The number of H-pyrrole nitrogens is 1. The van der Waals surface area contributed by atoms with E-state index in [0.717, 1.165) is 39.8 Å². The summed E-state index contributed by atoms with van der Waals surface area (Å²) in [5.74, 6) is 1.73. The summed E-state index contributed by atoms with van der Waals surface area (Å²) in [6.07, 6.45) is 6.86. The van der Waals surface area contributed by atoms with Crippen molar-refractivity contribution < 1.29 is 4.79 Å². The zero-order valence-corrected chi connectivity index (χ0v) is 14.4. The standard InChI is InChI=1S/C19H21N3OS/c23-18(10-7-13-4-1-2-5-13)20-14-8-9-15-16(12-14)22-19(21-15)17-6-3-11-24-17/h3,6,8-9,11-13H,1-2,4-5,7,10H2,(H,20,23)(H,21,22). The van der Waals surface area contributed by atoms with Crippen LogP contribution in [-0.4, -0.2) is 15.9 Å². The van der Waals surface area contributed by atoms with Crippen LogP contribution in [0.4, 0.5) is 5.69 Å². The van der Waals surface area contributed by atoms with Gasteiger partial charge in [0.1, 0.15) is 5.82 Å². The van der Waals surface area contributed by atoms with Gasteiger partial charge in [-0.3, -0.25) is 4.79 Å². The molecule has 4 nitrogen and oxygen atoms in total. The number of carbonyl (C=O) groups excluding carboxylic acids is 1. The Morgan fingerprint density at radius 1 is 1.29 bits per heavy atom. The molecule has 1 aliphatic rings. The minimum absolute atomic E-state index is 0.107. The van der Waals surface area contributed by atoms with Gasteiger partial charge in [0.2, 0.25) is 5.91 Å². The van der Waals surface area contributed by atoms with Crippen LogP contribution in [0.25, 0.3) is 21.7 Å². The van der Waals surface area contributed by atoms with Crippen LogP contribution >= 0.6 is 11.3 Å². The summed E-state index contributed by atoms with van der Waals surface area (Å²) in [6.45, 7) is 0. The molecule has 0 radical (unpaired) electrons. The second kappa shape index (κ2) is 6.77. The lowest BCUT2D eigenvalue weighted by atomic mass is 10.0. The van der Waals surface area contributed by atoms with Crippen molar-refractivity contribution in [2.24, 2.45) is 5.92 Å².